The molecule has 0 aliphatic rings. The number of aromatic nitrogens is 2. The van der Waals surface area contributed by atoms with E-state index < -0.39 is 5.97 Å². The number of hydrogen-bond donors (Lipinski definition) is 1. The molecule has 0 fully saturated rings. The minimum atomic E-state index is -0.467. The van der Waals surface area contributed by atoms with Crippen LogP contribution >= 0.6 is 15.9 Å². The Hall–Kier alpha value is -2.02. The van der Waals surface area contributed by atoms with Gasteiger partial charge in [-0.05, 0) is 35.0 Å². The summed E-state index contributed by atoms with van der Waals surface area (Å²) in [7, 11) is 3.15. The van der Waals surface area contributed by atoms with E-state index in [2.05, 4.69) is 21.0 Å². The van der Waals surface area contributed by atoms with Gasteiger partial charge in [0, 0.05) is 18.8 Å². The van der Waals surface area contributed by atoms with E-state index in [4.69, 9.17) is 15.2 Å². The molecule has 7 heteroatoms. The van der Waals surface area contributed by atoms with Gasteiger partial charge in [0.05, 0.1) is 23.0 Å². The van der Waals surface area contributed by atoms with Crippen LogP contribution in [0.2, 0.25) is 0 Å². The molecule has 1 aromatic heterocycles. The number of nitrogens with two attached hydrogens (primary N) is 1. The first-order valence-electron chi connectivity index (χ1n) is 6.22. The quantitative estimate of drug-likeness (QED) is 0.674. The topological polar surface area (TPSA) is 79.4 Å². The van der Waals surface area contributed by atoms with Crippen molar-refractivity contribution in [3.63, 3.8) is 0 Å². The van der Waals surface area contributed by atoms with Gasteiger partial charge in [-0.15, -0.1) is 0 Å². The van der Waals surface area contributed by atoms with E-state index in [1.165, 1.54) is 7.11 Å². The van der Waals surface area contributed by atoms with Crippen molar-refractivity contribution in [2.75, 3.05) is 12.8 Å². The van der Waals surface area contributed by atoms with Gasteiger partial charge >= 0.3 is 5.97 Å². The normalized spacial score (nSPS) is 10.5. The Morgan fingerprint density at radius 2 is 2.19 bits per heavy atom. The SMILES string of the molecule is COC(=O)c1ccc(N)cc1OCc1c(Br)c(C)nn1C. The predicted molar refractivity (Wildman–Crippen MR) is 82.2 cm³/mol. The van der Waals surface area contributed by atoms with Crippen molar-refractivity contribution in [1.29, 1.82) is 0 Å². The Balaban J connectivity index is 2.27. The second-order valence-electron chi connectivity index (χ2n) is 4.51. The lowest BCUT2D eigenvalue weighted by atomic mass is 10.2. The van der Waals surface area contributed by atoms with Gasteiger partial charge in [-0.25, -0.2) is 4.79 Å². The molecule has 0 aliphatic carbocycles. The smallest absolute Gasteiger partial charge is 0.341 e. The van der Waals surface area contributed by atoms with Crippen molar-refractivity contribution in [3.8, 4) is 5.75 Å². The Bertz CT molecular complexity index is 682. The molecule has 2 aromatic rings. The molecule has 0 unspecified atom stereocenters. The lowest BCUT2D eigenvalue weighted by Gasteiger charge is -2.11. The molecule has 112 valence electrons. The first-order valence-corrected chi connectivity index (χ1v) is 7.02. The molecule has 0 aliphatic heterocycles. The highest BCUT2D eigenvalue weighted by Gasteiger charge is 2.16. The van der Waals surface area contributed by atoms with Crippen molar-refractivity contribution in [2.24, 2.45) is 7.05 Å². The maximum Gasteiger partial charge on any atom is 0.341 e. The maximum atomic E-state index is 11.7. The Morgan fingerprint density at radius 3 is 2.76 bits per heavy atom. The molecule has 2 rings (SSSR count). The summed E-state index contributed by atoms with van der Waals surface area (Å²) >= 11 is 3.47. The van der Waals surface area contributed by atoms with E-state index in [1.54, 1.807) is 22.9 Å². The van der Waals surface area contributed by atoms with Crippen LogP contribution in [-0.2, 0) is 18.4 Å². The van der Waals surface area contributed by atoms with E-state index in [0.717, 1.165) is 15.9 Å². The fraction of sp³-hybridized carbons (Fsp3) is 0.286. The minimum Gasteiger partial charge on any atom is -0.486 e. The molecule has 1 aromatic carbocycles. The van der Waals surface area contributed by atoms with Crippen LogP contribution in [0.15, 0.2) is 22.7 Å². The van der Waals surface area contributed by atoms with Gasteiger partial charge in [-0.1, -0.05) is 0 Å². The van der Waals surface area contributed by atoms with Crippen LogP contribution in [0.5, 0.6) is 5.75 Å². The molecule has 0 spiro atoms. The summed E-state index contributed by atoms with van der Waals surface area (Å²) in [6.07, 6.45) is 0. The number of methoxy groups -OCH3 is 1. The van der Waals surface area contributed by atoms with Crippen molar-refractivity contribution >= 4 is 27.6 Å². The molecule has 0 atom stereocenters. The highest BCUT2D eigenvalue weighted by molar-refractivity contribution is 9.10. The Morgan fingerprint density at radius 1 is 1.48 bits per heavy atom. The number of hydrogen-bond acceptors (Lipinski definition) is 5. The molecule has 6 nitrogen and oxygen atoms in total. The maximum absolute atomic E-state index is 11.7. The summed E-state index contributed by atoms with van der Waals surface area (Å²) in [6, 6.07) is 4.81. The van der Waals surface area contributed by atoms with E-state index in [9.17, 15) is 4.79 Å². The number of carbonyl (C=O) groups is 1. The largest absolute Gasteiger partial charge is 0.486 e. The molecule has 2 N–H and O–H groups in total. The van der Waals surface area contributed by atoms with Gasteiger partial charge < -0.3 is 15.2 Å². The molecule has 21 heavy (non-hydrogen) atoms. The number of anilines is 1. The monoisotopic (exact) mass is 353 g/mol. The van der Waals surface area contributed by atoms with Crippen LogP contribution in [0, 0.1) is 6.92 Å². The molecule has 0 bridgehead atoms. The molecule has 0 saturated heterocycles. The molecule has 0 saturated carbocycles. The van der Waals surface area contributed by atoms with E-state index >= 15 is 0 Å². The van der Waals surface area contributed by atoms with Crippen LogP contribution < -0.4 is 10.5 Å². The van der Waals surface area contributed by atoms with Gasteiger partial charge in [0.25, 0.3) is 0 Å². The number of ether oxygens (including phenoxy) is 2. The van der Waals surface area contributed by atoms with Gasteiger partial charge in [-0.3, -0.25) is 4.68 Å². The molecule has 0 amide bonds. The fourth-order valence-corrected chi connectivity index (χ4v) is 2.37. The van der Waals surface area contributed by atoms with E-state index in [1.807, 2.05) is 14.0 Å². The van der Waals surface area contributed by atoms with E-state index in [0.29, 0.717) is 17.0 Å². The lowest BCUT2D eigenvalue weighted by Crippen LogP contribution is -2.08. The summed E-state index contributed by atoms with van der Waals surface area (Å²) in [6.45, 7) is 2.15. The molecule has 0 radical (unpaired) electrons. The van der Waals surface area contributed by atoms with Crippen molar-refractivity contribution in [3.05, 3.63) is 39.6 Å². The van der Waals surface area contributed by atoms with Gasteiger partial charge in [-0.2, -0.15) is 5.10 Å². The number of nitrogens with zero attached hydrogens (tertiary/aromatic N) is 2. The molecular weight excluding hydrogens is 338 g/mol. The average molecular weight is 354 g/mol. The first-order chi connectivity index (χ1) is 9.93. The van der Waals surface area contributed by atoms with Crippen molar-refractivity contribution in [2.45, 2.75) is 13.5 Å². The van der Waals surface area contributed by atoms with Crippen LogP contribution in [0.25, 0.3) is 0 Å². The average Bonchev–Trinajstić information content (AvgIpc) is 2.69. The summed E-state index contributed by atoms with van der Waals surface area (Å²) < 4.78 is 13.1. The van der Waals surface area contributed by atoms with E-state index in [-0.39, 0.29) is 6.61 Å². The zero-order chi connectivity index (χ0) is 15.6. The highest BCUT2D eigenvalue weighted by Crippen LogP contribution is 2.26. The van der Waals surface area contributed by atoms with Crippen LogP contribution in [0.3, 0.4) is 0 Å². The zero-order valence-electron chi connectivity index (χ0n) is 12.0. The van der Waals surface area contributed by atoms with Crippen molar-refractivity contribution < 1.29 is 14.3 Å². The third kappa shape index (κ3) is 3.18. The summed E-state index contributed by atoms with van der Waals surface area (Å²) in [4.78, 5) is 11.7. The van der Waals surface area contributed by atoms with Gasteiger partial charge in [0.1, 0.15) is 17.9 Å². The number of benzene rings is 1. The number of nitrogen functional groups attached to an aromatic ring is 1. The number of rotatable bonds is 4. The molecular formula is C14H16BrN3O3. The zero-order valence-corrected chi connectivity index (χ0v) is 13.6. The first kappa shape index (κ1) is 15.4. The van der Waals surface area contributed by atoms with Crippen LogP contribution in [0.1, 0.15) is 21.7 Å². The lowest BCUT2D eigenvalue weighted by molar-refractivity contribution is 0.0595. The second kappa shape index (κ2) is 6.17. The summed E-state index contributed by atoms with van der Waals surface area (Å²) in [5.74, 6) is -0.0853. The number of halogens is 1. The van der Waals surface area contributed by atoms with Gasteiger partial charge in [0.15, 0.2) is 0 Å². The van der Waals surface area contributed by atoms with Crippen LogP contribution in [0.4, 0.5) is 5.69 Å². The minimum absolute atomic E-state index is 0.255. The second-order valence-corrected chi connectivity index (χ2v) is 5.30. The summed E-state index contributed by atoms with van der Waals surface area (Å²) in [5.41, 5.74) is 8.33. The predicted octanol–water partition coefficient (Wildman–Crippen LogP) is 2.44. The number of esters is 1. The van der Waals surface area contributed by atoms with Crippen LogP contribution in [-0.4, -0.2) is 22.9 Å². The Labute approximate surface area is 131 Å². The number of aryl methyl sites for hydroxylation is 2. The summed E-state index contributed by atoms with van der Waals surface area (Å²) in [5, 5.41) is 4.29. The third-order valence-electron chi connectivity index (χ3n) is 3.04. The highest BCUT2D eigenvalue weighted by atomic mass is 79.9. The number of carbonyl (C=O) groups excluding carboxylic acids is 1. The molecule has 1 heterocycles. The van der Waals surface area contributed by atoms with Crippen molar-refractivity contribution in [1.82, 2.24) is 9.78 Å². The van der Waals surface area contributed by atoms with Gasteiger partial charge in [0.2, 0.25) is 0 Å². The fourth-order valence-electron chi connectivity index (χ4n) is 1.92. The standard InChI is InChI=1S/C14H16BrN3O3/c1-8-13(15)11(18(2)17-8)7-21-12-6-9(16)4-5-10(12)14(19)20-3/h4-6H,7,16H2,1-3H3. The Kier molecular flexibility index (Phi) is 4.52. The third-order valence-corrected chi connectivity index (χ3v) is 4.07.